The molecule has 1 aromatic rings. The molecule has 0 fully saturated rings. The highest BCUT2D eigenvalue weighted by atomic mass is 32.2. The summed E-state index contributed by atoms with van der Waals surface area (Å²) < 4.78 is 1.55. The van der Waals surface area contributed by atoms with Crippen molar-refractivity contribution < 1.29 is 0 Å². The van der Waals surface area contributed by atoms with Crippen LogP contribution in [0.25, 0.3) is 0 Å². The van der Waals surface area contributed by atoms with E-state index >= 15 is 0 Å². The van der Waals surface area contributed by atoms with E-state index in [1.807, 2.05) is 0 Å². The van der Waals surface area contributed by atoms with Gasteiger partial charge in [-0.2, -0.15) is 0 Å². The van der Waals surface area contributed by atoms with Gasteiger partial charge in [0.1, 0.15) is 10.7 Å². The van der Waals surface area contributed by atoms with Gasteiger partial charge in [-0.05, 0) is 18.6 Å². The van der Waals surface area contributed by atoms with Gasteiger partial charge in [-0.1, -0.05) is 0 Å². The van der Waals surface area contributed by atoms with E-state index in [9.17, 15) is 9.59 Å². The van der Waals surface area contributed by atoms with Crippen LogP contribution in [0.5, 0.6) is 0 Å². The predicted molar refractivity (Wildman–Crippen MR) is 55.7 cm³/mol. The molecule has 14 heavy (non-hydrogen) atoms. The van der Waals surface area contributed by atoms with Gasteiger partial charge in [0, 0.05) is 6.54 Å². The molecular weight excluding hydrogens is 202 g/mol. The molecule has 1 aliphatic rings. The third kappa shape index (κ3) is 1.45. The smallest absolute Gasteiger partial charge is 0.329 e. The highest BCUT2D eigenvalue weighted by molar-refractivity contribution is 7.99. The molecule has 0 saturated heterocycles. The van der Waals surface area contributed by atoms with Crippen LogP contribution in [0.15, 0.2) is 14.6 Å². The van der Waals surface area contributed by atoms with Gasteiger partial charge in [-0.3, -0.25) is 14.3 Å². The van der Waals surface area contributed by atoms with Crippen molar-refractivity contribution in [3.8, 4) is 0 Å². The molecule has 0 aliphatic carbocycles. The Hall–Kier alpha value is -1.17. The average molecular weight is 213 g/mol. The van der Waals surface area contributed by atoms with Crippen molar-refractivity contribution in [2.75, 3.05) is 11.5 Å². The Morgan fingerprint density at radius 1 is 1.36 bits per heavy atom. The standard InChI is InChI=1S/C8H11N3O2S/c9-5-6(12)10-8(13)11-3-1-2-4-14-7(5)11/h1-4,9H2,(H,10,12,13). The molecule has 0 radical (unpaired) electrons. The average Bonchev–Trinajstić information content (AvgIpc) is 2.39. The van der Waals surface area contributed by atoms with Crippen molar-refractivity contribution in [3.05, 3.63) is 20.8 Å². The lowest BCUT2D eigenvalue weighted by Gasteiger charge is -2.08. The fourth-order valence-electron chi connectivity index (χ4n) is 1.47. The molecule has 0 spiro atoms. The highest BCUT2D eigenvalue weighted by Gasteiger charge is 2.14. The minimum Gasteiger partial charge on any atom is -0.392 e. The van der Waals surface area contributed by atoms with Gasteiger partial charge < -0.3 is 5.73 Å². The van der Waals surface area contributed by atoms with Gasteiger partial charge in [0.15, 0.2) is 0 Å². The Morgan fingerprint density at radius 3 is 2.93 bits per heavy atom. The molecule has 76 valence electrons. The molecule has 0 bridgehead atoms. The molecule has 0 saturated carbocycles. The fraction of sp³-hybridized carbons (Fsp3) is 0.500. The number of nitrogen functional groups attached to an aromatic ring is 1. The number of thioether (sulfide) groups is 1. The Labute approximate surface area is 84.3 Å². The summed E-state index contributed by atoms with van der Waals surface area (Å²) in [6, 6.07) is 0. The number of hydrogen-bond acceptors (Lipinski definition) is 4. The minimum atomic E-state index is -0.476. The normalized spacial score (nSPS) is 16.0. The predicted octanol–water partition coefficient (Wildman–Crippen LogP) is 0.00470. The lowest BCUT2D eigenvalue weighted by Crippen LogP contribution is -2.32. The molecule has 1 aromatic heterocycles. The van der Waals surface area contributed by atoms with Gasteiger partial charge in [0.2, 0.25) is 0 Å². The molecule has 5 nitrogen and oxygen atoms in total. The Kier molecular flexibility index (Phi) is 2.37. The van der Waals surface area contributed by atoms with E-state index < -0.39 is 5.56 Å². The van der Waals surface area contributed by atoms with Crippen LogP contribution in [0.2, 0.25) is 0 Å². The first-order chi connectivity index (χ1) is 6.70. The van der Waals surface area contributed by atoms with E-state index in [4.69, 9.17) is 5.73 Å². The third-order valence-electron chi connectivity index (χ3n) is 2.20. The summed E-state index contributed by atoms with van der Waals surface area (Å²) in [7, 11) is 0. The highest BCUT2D eigenvalue weighted by Crippen LogP contribution is 2.24. The number of nitrogens with two attached hydrogens (primary N) is 1. The summed E-state index contributed by atoms with van der Waals surface area (Å²) in [5, 5.41) is 0.622. The van der Waals surface area contributed by atoms with Crippen LogP contribution in [-0.4, -0.2) is 15.3 Å². The first-order valence-corrected chi connectivity index (χ1v) is 5.44. The fourth-order valence-corrected chi connectivity index (χ4v) is 2.59. The van der Waals surface area contributed by atoms with Crippen LogP contribution >= 0.6 is 11.8 Å². The summed E-state index contributed by atoms with van der Waals surface area (Å²) in [4.78, 5) is 24.9. The van der Waals surface area contributed by atoms with Crippen molar-refractivity contribution >= 4 is 17.4 Å². The van der Waals surface area contributed by atoms with Crippen molar-refractivity contribution in [2.24, 2.45) is 0 Å². The van der Waals surface area contributed by atoms with Crippen LogP contribution in [0.3, 0.4) is 0 Å². The van der Waals surface area contributed by atoms with Crippen molar-refractivity contribution in [1.29, 1.82) is 0 Å². The number of rotatable bonds is 0. The van der Waals surface area contributed by atoms with Crippen molar-refractivity contribution in [2.45, 2.75) is 24.4 Å². The van der Waals surface area contributed by atoms with E-state index in [1.165, 1.54) is 11.8 Å². The minimum absolute atomic E-state index is 0.163. The molecule has 2 rings (SSSR count). The summed E-state index contributed by atoms with van der Waals surface area (Å²) in [5.74, 6) is 0.910. The van der Waals surface area contributed by atoms with Crippen LogP contribution in [-0.2, 0) is 6.54 Å². The number of anilines is 1. The SMILES string of the molecule is Nc1c2n(c(=O)[nH]c1=O)CCCCS2. The topological polar surface area (TPSA) is 80.9 Å². The van der Waals surface area contributed by atoms with Crippen LogP contribution in [0, 0.1) is 0 Å². The number of fused-ring (bicyclic) bond motifs is 1. The third-order valence-corrected chi connectivity index (χ3v) is 3.41. The monoisotopic (exact) mass is 213 g/mol. The maximum absolute atomic E-state index is 11.4. The van der Waals surface area contributed by atoms with E-state index in [1.54, 1.807) is 4.57 Å². The first-order valence-electron chi connectivity index (χ1n) is 4.45. The molecule has 1 aliphatic heterocycles. The second kappa shape index (κ2) is 3.53. The van der Waals surface area contributed by atoms with Crippen LogP contribution in [0.1, 0.15) is 12.8 Å². The van der Waals surface area contributed by atoms with E-state index in [0.717, 1.165) is 18.6 Å². The molecule has 0 unspecified atom stereocenters. The summed E-state index contributed by atoms with van der Waals surface area (Å²) in [6.07, 6.45) is 1.99. The second-order valence-electron chi connectivity index (χ2n) is 3.19. The van der Waals surface area contributed by atoms with Gasteiger partial charge >= 0.3 is 5.69 Å². The van der Waals surface area contributed by atoms with Crippen molar-refractivity contribution in [3.63, 3.8) is 0 Å². The maximum atomic E-state index is 11.4. The zero-order chi connectivity index (χ0) is 10.1. The van der Waals surface area contributed by atoms with Crippen molar-refractivity contribution in [1.82, 2.24) is 9.55 Å². The van der Waals surface area contributed by atoms with Gasteiger partial charge in [0.05, 0.1) is 0 Å². The van der Waals surface area contributed by atoms with Gasteiger partial charge in [-0.15, -0.1) is 11.8 Å². The lowest BCUT2D eigenvalue weighted by atomic mass is 10.3. The molecule has 0 aromatic carbocycles. The second-order valence-corrected chi connectivity index (χ2v) is 4.27. The lowest BCUT2D eigenvalue weighted by molar-refractivity contribution is 0.569. The Balaban J connectivity index is 2.69. The van der Waals surface area contributed by atoms with Crippen LogP contribution < -0.4 is 17.0 Å². The summed E-state index contributed by atoms with van der Waals surface area (Å²) >= 11 is 1.48. The van der Waals surface area contributed by atoms with Gasteiger partial charge in [0.25, 0.3) is 5.56 Å². The number of aromatic nitrogens is 2. The quantitative estimate of drug-likeness (QED) is 0.595. The van der Waals surface area contributed by atoms with Gasteiger partial charge in [-0.25, -0.2) is 4.79 Å². The van der Waals surface area contributed by atoms with E-state index in [0.29, 0.717) is 11.6 Å². The number of nitrogens with one attached hydrogen (secondary N) is 1. The molecule has 6 heteroatoms. The summed E-state index contributed by atoms with van der Waals surface area (Å²) in [5.41, 5.74) is 4.95. The number of hydrogen-bond donors (Lipinski definition) is 2. The molecule has 2 heterocycles. The van der Waals surface area contributed by atoms with E-state index in [2.05, 4.69) is 4.98 Å². The van der Waals surface area contributed by atoms with E-state index in [-0.39, 0.29) is 11.4 Å². The molecule has 0 atom stereocenters. The molecular formula is C8H11N3O2S. The summed E-state index contributed by atoms with van der Waals surface area (Å²) in [6.45, 7) is 0.641. The number of aromatic amines is 1. The number of nitrogens with zero attached hydrogens (tertiary/aromatic N) is 1. The zero-order valence-corrected chi connectivity index (χ0v) is 8.39. The molecule has 0 amide bonds. The Bertz CT molecular complexity index is 463. The number of H-pyrrole nitrogens is 1. The molecule has 3 N–H and O–H groups in total. The largest absolute Gasteiger partial charge is 0.392 e. The maximum Gasteiger partial charge on any atom is 0.329 e. The zero-order valence-electron chi connectivity index (χ0n) is 7.58. The van der Waals surface area contributed by atoms with Crippen LogP contribution in [0.4, 0.5) is 5.69 Å². The Morgan fingerprint density at radius 2 is 2.14 bits per heavy atom. The first kappa shape index (κ1) is 9.39.